The highest BCUT2D eigenvalue weighted by Gasteiger charge is 2.21. The third-order valence-corrected chi connectivity index (χ3v) is 6.28. The van der Waals surface area contributed by atoms with Gasteiger partial charge in [0.15, 0.2) is 0 Å². The largest absolute Gasteiger partial charge is 0.478 e. The number of carbonyl (C=O) groups is 1. The lowest BCUT2D eigenvalue weighted by Crippen LogP contribution is -2.14. The van der Waals surface area contributed by atoms with E-state index < -0.39 is 11.8 Å². The number of aromatic carboxylic acids is 1. The van der Waals surface area contributed by atoms with Crippen molar-refractivity contribution in [3.63, 3.8) is 0 Å². The predicted octanol–water partition coefficient (Wildman–Crippen LogP) is 7.84. The number of hydrogen-bond acceptors (Lipinski definition) is 4. The van der Waals surface area contributed by atoms with Crippen molar-refractivity contribution in [1.82, 2.24) is 0 Å². The Labute approximate surface area is 210 Å². The molecule has 0 aromatic heterocycles. The van der Waals surface area contributed by atoms with E-state index in [-0.39, 0.29) is 5.56 Å². The Morgan fingerprint density at radius 3 is 2.29 bits per heavy atom. The first-order valence-corrected chi connectivity index (χ1v) is 11.4. The highest BCUT2D eigenvalue weighted by Crippen LogP contribution is 2.43. The molecule has 4 rings (SSSR count). The van der Waals surface area contributed by atoms with E-state index in [1.165, 1.54) is 12.1 Å². The number of carboxylic acids is 1. The Bertz CT molecular complexity index is 1410. The minimum absolute atomic E-state index is 0.388. The Hall–Kier alpha value is -4.03. The summed E-state index contributed by atoms with van der Waals surface area (Å²) < 4.78 is 14.2. The molecule has 0 unspecified atom stereocenters. The van der Waals surface area contributed by atoms with Crippen LogP contribution in [0.4, 0.5) is 27.1 Å². The van der Waals surface area contributed by atoms with Crippen molar-refractivity contribution in [3.05, 3.63) is 115 Å². The number of halogens is 1. The summed E-state index contributed by atoms with van der Waals surface area (Å²) in [6.07, 6.45) is 1.72. The number of nitrogens with zero attached hydrogens (tertiary/aromatic N) is 2. The van der Waals surface area contributed by atoms with Gasteiger partial charge in [-0.3, -0.25) is 0 Å². The summed E-state index contributed by atoms with van der Waals surface area (Å²) in [6, 6.07) is 25.8. The van der Waals surface area contributed by atoms with Crippen LogP contribution in [0.2, 0.25) is 0 Å². The highest BCUT2D eigenvalue weighted by molar-refractivity contribution is 7.80. The molecule has 4 nitrogen and oxygen atoms in total. The number of rotatable bonds is 7. The second-order valence-electron chi connectivity index (χ2n) is 8.09. The second kappa shape index (κ2) is 10.1. The third-order valence-electron chi connectivity index (χ3n) is 5.92. The zero-order valence-corrected chi connectivity index (χ0v) is 20.3. The molecule has 176 valence electrons. The molecule has 0 heterocycles. The number of para-hydroxylation sites is 2. The number of benzene rings is 4. The van der Waals surface area contributed by atoms with Crippen molar-refractivity contribution in [2.45, 2.75) is 11.8 Å². The fourth-order valence-electron chi connectivity index (χ4n) is 4.07. The van der Waals surface area contributed by atoms with Crippen LogP contribution in [-0.4, -0.2) is 18.1 Å². The smallest absolute Gasteiger partial charge is 0.338 e. The minimum atomic E-state index is -1.32. The molecular formula is C29H25FN2O2S. The number of carboxylic acid groups (broad SMARTS) is 1. The molecule has 0 saturated carbocycles. The lowest BCUT2D eigenvalue weighted by atomic mass is 9.98. The highest BCUT2D eigenvalue weighted by atomic mass is 32.1. The van der Waals surface area contributed by atoms with Crippen molar-refractivity contribution >= 4 is 41.3 Å². The van der Waals surface area contributed by atoms with Gasteiger partial charge in [0.2, 0.25) is 0 Å². The second-order valence-corrected chi connectivity index (χ2v) is 8.57. The summed E-state index contributed by atoms with van der Waals surface area (Å²) in [6.45, 7) is 6.05. The predicted molar refractivity (Wildman–Crippen MR) is 144 cm³/mol. The average molecular weight is 485 g/mol. The zero-order valence-electron chi connectivity index (χ0n) is 19.4. The van der Waals surface area contributed by atoms with Gasteiger partial charge in [-0.1, -0.05) is 49.0 Å². The van der Waals surface area contributed by atoms with E-state index in [1.54, 1.807) is 12.3 Å². The maximum Gasteiger partial charge on any atom is 0.338 e. The van der Waals surface area contributed by atoms with Gasteiger partial charge in [-0.25, -0.2) is 9.18 Å². The van der Waals surface area contributed by atoms with Gasteiger partial charge in [-0.05, 0) is 60.5 Å². The fourth-order valence-corrected chi connectivity index (χ4v) is 4.42. The number of aryl methyl sites for hydroxylation is 1. The molecule has 1 N–H and O–H groups in total. The number of anilines is 4. The van der Waals surface area contributed by atoms with Crippen LogP contribution in [0, 0.1) is 12.7 Å². The van der Waals surface area contributed by atoms with Crippen LogP contribution < -0.4 is 9.80 Å². The van der Waals surface area contributed by atoms with Gasteiger partial charge in [-0.2, -0.15) is 0 Å². The van der Waals surface area contributed by atoms with Crippen LogP contribution in [0.25, 0.3) is 11.1 Å². The molecule has 4 aromatic carbocycles. The first-order valence-electron chi connectivity index (χ1n) is 11.0. The van der Waals surface area contributed by atoms with Crippen LogP contribution in [0.3, 0.4) is 0 Å². The standard InChI is InChI=1S/C29H25FN2O2S/c1-4-32(25-13-9-8-10-19(25)2)26-18-27(31(3)21-11-6-5-7-12-21)28(35)17-22(26)20-14-15-24(30)23(16-20)29(33)34/h4-18,35H,1H2,2-3H3,(H,33,34). The van der Waals surface area contributed by atoms with E-state index in [2.05, 4.69) is 6.58 Å². The summed E-state index contributed by atoms with van der Waals surface area (Å²) in [7, 11) is 1.96. The molecule has 0 bridgehead atoms. The van der Waals surface area contributed by atoms with Gasteiger partial charge in [0, 0.05) is 35.1 Å². The Balaban J connectivity index is 1.98. The molecule has 4 aromatic rings. The van der Waals surface area contributed by atoms with E-state index in [9.17, 15) is 14.3 Å². The van der Waals surface area contributed by atoms with E-state index >= 15 is 0 Å². The monoisotopic (exact) mass is 484 g/mol. The average Bonchev–Trinajstić information content (AvgIpc) is 2.86. The summed E-state index contributed by atoms with van der Waals surface area (Å²) in [4.78, 5) is 16.3. The number of hydrogen-bond donors (Lipinski definition) is 2. The van der Waals surface area contributed by atoms with Crippen molar-refractivity contribution in [1.29, 1.82) is 0 Å². The third kappa shape index (κ3) is 4.79. The maximum atomic E-state index is 14.2. The van der Waals surface area contributed by atoms with Crippen molar-refractivity contribution in [2.75, 3.05) is 16.8 Å². The molecule has 6 heteroatoms. The van der Waals surface area contributed by atoms with Crippen molar-refractivity contribution < 1.29 is 14.3 Å². The quantitative estimate of drug-likeness (QED) is 0.262. The van der Waals surface area contributed by atoms with Crippen LogP contribution in [0.15, 0.2) is 103 Å². The van der Waals surface area contributed by atoms with Crippen LogP contribution in [0.5, 0.6) is 0 Å². The van der Waals surface area contributed by atoms with Crippen LogP contribution >= 0.6 is 12.6 Å². The first kappa shape index (κ1) is 24.1. The van der Waals surface area contributed by atoms with Gasteiger partial charge < -0.3 is 14.9 Å². The Morgan fingerprint density at radius 1 is 0.943 bits per heavy atom. The van der Waals surface area contributed by atoms with Crippen LogP contribution in [0.1, 0.15) is 15.9 Å². The molecule has 0 radical (unpaired) electrons. The van der Waals surface area contributed by atoms with Gasteiger partial charge in [0.05, 0.1) is 16.9 Å². The van der Waals surface area contributed by atoms with Gasteiger partial charge in [-0.15, -0.1) is 12.6 Å². The molecule has 0 saturated heterocycles. The summed E-state index contributed by atoms with van der Waals surface area (Å²) in [5.41, 5.74) is 5.42. The van der Waals surface area contributed by atoms with E-state index in [1.807, 2.05) is 90.5 Å². The molecule has 0 aliphatic carbocycles. The molecule has 0 atom stereocenters. The SMILES string of the molecule is C=CN(c1ccccc1C)c1cc(N(C)c2ccccc2)c(S)cc1-c1ccc(F)c(C(=O)O)c1. The molecule has 0 aliphatic rings. The Kier molecular flexibility index (Phi) is 6.94. The first-order chi connectivity index (χ1) is 16.8. The molecule has 35 heavy (non-hydrogen) atoms. The molecule has 0 aliphatic heterocycles. The Morgan fingerprint density at radius 2 is 1.63 bits per heavy atom. The molecule has 0 fully saturated rings. The molecular weight excluding hydrogens is 459 g/mol. The number of thiol groups is 1. The minimum Gasteiger partial charge on any atom is -0.478 e. The van der Waals surface area contributed by atoms with E-state index in [4.69, 9.17) is 12.6 Å². The lowest BCUT2D eigenvalue weighted by molar-refractivity contribution is 0.0692. The van der Waals surface area contributed by atoms with E-state index in [0.29, 0.717) is 16.0 Å². The van der Waals surface area contributed by atoms with Crippen molar-refractivity contribution in [2.24, 2.45) is 0 Å². The van der Waals surface area contributed by atoms with Crippen molar-refractivity contribution in [3.8, 4) is 11.1 Å². The maximum absolute atomic E-state index is 14.2. The normalized spacial score (nSPS) is 10.6. The summed E-state index contributed by atoms with van der Waals surface area (Å²) in [5, 5.41) is 9.49. The summed E-state index contributed by atoms with van der Waals surface area (Å²) in [5.74, 6) is -2.11. The lowest BCUT2D eigenvalue weighted by Gasteiger charge is -2.29. The molecule has 0 amide bonds. The zero-order chi connectivity index (χ0) is 25.1. The topological polar surface area (TPSA) is 43.8 Å². The van der Waals surface area contributed by atoms with Crippen LogP contribution in [-0.2, 0) is 0 Å². The van der Waals surface area contributed by atoms with Gasteiger partial charge >= 0.3 is 5.97 Å². The van der Waals surface area contributed by atoms with Gasteiger partial charge in [0.25, 0.3) is 0 Å². The fraction of sp³-hybridized carbons (Fsp3) is 0.0690. The van der Waals surface area contributed by atoms with E-state index in [0.717, 1.165) is 28.3 Å². The van der Waals surface area contributed by atoms with Gasteiger partial charge in [0.1, 0.15) is 5.82 Å². The summed E-state index contributed by atoms with van der Waals surface area (Å²) >= 11 is 4.77. The molecule has 0 spiro atoms.